The van der Waals surface area contributed by atoms with Crippen LogP contribution in [0.2, 0.25) is 0 Å². The molecule has 0 aromatic heterocycles. The molecule has 1 rings (SSSR count). The molecular weight excluding hydrogens is 341 g/mol. The molecule has 1 aromatic carbocycles. The highest BCUT2D eigenvalue weighted by atomic mass is 32.2. The molecule has 0 bridgehead atoms. The maximum absolute atomic E-state index is 12.0. The van der Waals surface area contributed by atoms with E-state index in [1.54, 1.807) is 29.6 Å². The van der Waals surface area contributed by atoms with Crippen molar-refractivity contribution >= 4 is 24.4 Å². The van der Waals surface area contributed by atoms with Gasteiger partial charge in [0.2, 0.25) is 0 Å². The van der Waals surface area contributed by atoms with Crippen LogP contribution in [0.25, 0.3) is 0 Å². The molecule has 4 nitrogen and oxygen atoms in total. The monoisotopic (exact) mass is 358 g/mol. The van der Waals surface area contributed by atoms with Crippen LogP contribution in [0, 0.1) is 0 Å². The number of hydrogen-bond acceptors (Lipinski definition) is 4. The maximum Gasteiger partial charge on any atom is 0.405 e. The highest BCUT2D eigenvalue weighted by Gasteiger charge is 2.28. The molecule has 0 aliphatic heterocycles. The van der Waals surface area contributed by atoms with Crippen molar-refractivity contribution in [1.29, 1.82) is 0 Å². The molecular formula is C16H17F3N2O2S. The predicted molar refractivity (Wildman–Crippen MR) is 89.3 cm³/mol. The van der Waals surface area contributed by atoms with Gasteiger partial charge in [0.05, 0.1) is 0 Å². The molecule has 0 saturated heterocycles. The van der Waals surface area contributed by atoms with Gasteiger partial charge in [-0.05, 0) is 31.3 Å². The number of hydrogen-bond donors (Lipinski definition) is 2. The predicted octanol–water partition coefficient (Wildman–Crippen LogP) is 3.69. The number of allylic oxidation sites excluding steroid dienone is 3. The number of thioether (sulfide) groups is 1. The summed E-state index contributed by atoms with van der Waals surface area (Å²) in [6.07, 6.45) is 0.739. The molecule has 2 N–H and O–H groups in total. The van der Waals surface area contributed by atoms with Crippen LogP contribution in [-0.2, 0) is 4.79 Å². The van der Waals surface area contributed by atoms with Gasteiger partial charge >= 0.3 is 6.18 Å². The Morgan fingerprint density at radius 1 is 1.38 bits per heavy atom. The summed E-state index contributed by atoms with van der Waals surface area (Å²) in [6, 6.07) is 6.96. The van der Waals surface area contributed by atoms with Crippen LogP contribution in [0.4, 0.5) is 13.2 Å². The standard InChI is InChI=1S/C16H17F3N2O2S/c1-20-12(15(23)21-11-16(17,18)19)7-3-2-6-10-24-14-9-5-4-8-13(14)22/h2-5,7-9,22H,1,6,10-11H2,(H,21,23)/b3-2-,12-7-. The summed E-state index contributed by atoms with van der Waals surface area (Å²) in [5.41, 5.74) is -0.191. The fourth-order valence-electron chi connectivity index (χ4n) is 1.54. The summed E-state index contributed by atoms with van der Waals surface area (Å²) in [6.45, 7) is 1.75. The normalized spacial score (nSPS) is 12.4. The van der Waals surface area contributed by atoms with E-state index in [2.05, 4.69) is 11.7 Å². The highest BCUT2D eigenvalue weighted by molar-refractivity contribution is 7.99. The van der Waals surface area contributed by atoms with Crippen molar-refractivity contribution < 1.29 is 23.1 Å². The van der Waals surface area contributed by atoms with Crippen molar-refractivity contribution in [2.45, 2.75) is 17.5 Å². The number of phenols is 1. The van der Waals surface area contributed by atoms with E-state index < -0.39 is 18.6 Å². The molecule has 1 aromatic rings. The third-order valence-electron chi connectivity index (χ3n) is 2.65. The van der Waals surface area contributed by atoms with E-state index in [4.69, 9.17) is 0 Å². The maximum atomic E-state index is 12.0. The van der Waals surface area contributed by atoms with Gasteiger partial charge in [0.15, 0.2) is 0 Å². The second-order valence-electron chi connectivity index (χ2n) is 4.54. The minimum Gasteiger partial charge on any atom is -0.507 e. The number of carbonyl (C=O) groups is 1. The van der Waals surface area contributed by atoms with E-state index in [0.29, 0.717) is 12.2 Å². The van der Waals surface area contributed by atoms with E-state index in [1.807, 2.05) is 6.07 Å². The van der Waals surface area contributed by atoms with E-state index in [0.717, 1.165) is 4.90 Å². The number of phenolic OH excluding ortho intramolecular Hbond substituents is 1. The summed E-state index contributed by atoms with van der Waals surface area (Å²) in [5, 5.41) is 11.3. The third kappa shape index (κ3) is 7.87. The lowest BCUT2D eigenvalue weighted by Gasteiger charge is -2.07. The third-order valence-corrected chi connectivity index (χ3v) is 3.75. The van der Waals surface area contributed by atoms with Crippen LogP contribution in [-0.4, -0.2) is 36.2 Å². The first-order chi connectivity index (χ1) is 11.3. The van der Waals surface area contributed by atoms with E-state index in [9.17, 15) is 23.1 Å². The van der Waals surface area contributed by atoms with Crippen LogP contribution in [0.15, 0.2) is 58.1 Å². The fraction of sp³-hybridized carbons (Fsp3) is 0.250. The summed E-state index contributed by atoms with van der Waals surface area (Å²) >= 11 is 1.47. The first-order valence-electron chi connectivity index (χ1n) is 6.93. The Bertz CT molecular complexity index is 628. The molecule has 0 aliphatic rings. The van der Waals surface area contributed by atoms with Gasteiger partial charge in [0.25, 0.3) is 5.91 Å². The smallest absolute Gasteiger partial charge is 0.405 e. The Balaban J connectivity index is 2.42. The lowest BCUT2D eigenvalue weighted by atomic mass is 10.3. The van der Waals surface area contributed by atoms with Crippen molar-refractivity contribution in [2.75, 3.05) is 12.3 Å². The number of amides is 1. The second kappa shape index (κ2) is 9.82. The topological polar surface area (TPSA) is 61.7 Å². The minimum absolute atomic E-state index is 0.191. The zero-order valence-electron chi connectivity index (χ0n) is 12.7. The van der Waals surface area contributed by atoms with Gasteiger partial charge in [-0.3, -0.25) is 9.79 Å². The molecule has 0 atom stereocenters. The number of aromatic hydroxyl groups is 1. The molecule has 130 valence electrons. The Morgan fingerprint density at radius 3 is 2.71 bits per heavy atom. The van der Waals surface area contributed by atoms with Gasteiger partial charge in [-0.1, -0.05) is 24.3 Å². The van der Waals surface area contributed by atoms with Crippen LogP contribution < -0.4 is 5.32 Å². The minimum atomic E-state index is -4.47. The number of benzene rings is 1. The van der Waals surface area contributed by atoms with E-state index >= 15 is 0 Å². The molecule has 0 saturated carbocycles. The van der Waals surface area contributed by atoms with Crippen molar-refractivity contribution in [2.24, 2.45) is 4.99 Å². The van der Waals surface area contributed by atoms with Gasteiger partial charge in [-0.25, -0.2) is 0 Å². The van der Waals surface area contributed by atoms with Crippen LogP contribution >= 0.6 is 11.8 Å². The van der Waals surface area contributed by atoms with E-state index in [1.165, 1.54) is 23.9 Å². The fourth-order valence-corrected chi connectivity index (χ4v) is 2.41. The number of aliphatic imine (C=N–C) groups is 1. The van der Waals surface area contributed by atoms with Gasteiger partial charge in [-0.15, -0.1) is 11.8 Å². The zero-order chi connectivity index (χ0) is 18.0. The molecule has 24 heavy (non-hydrogen) atoms. The first-order valence-corrected chi connectivity index (χ1v) is 7.91. The highest BCUT2D eigenvalue weighted by Crippen LogP contribution is 2.27. The van der Waals surface area contributed by atoms with Gasteiger partial charge < -0.3 is 10.4 Å². The quantitative estimate of drug-likeness (QED) is 0.245. The lowest BCUT2D eigenvalue weighted by Crippen LogP contribution is -2.34. The van der Waals surface area contributed by atoms with Crippen LogP contribution in [0.3, 0.4) is 0 Å². The Hall–Kier alpha value is -2.22. The number of alkyl halides is 3. The summed E-state index contributed by atoms with van der Waals surface area (Å²) in [4.78, 5) is 15.7. The molecule has 0 radical (unpaired) electrons. The first kappa shape index (κ1) is 19.8. The largest absolute Gasteiger partial charge is 0.507 e. The Kier molecular flexibility index (Phi) is 8.11. The second-order valence-corrected chi connectivity index (χ2v) is 5.68. The molecule has 8 heteroatoms. The summed E-state index contributed by atoms with van der Waals surface area (Å²) < 4.78 is 36.1. The number of nitrogens with one attached hydrogen (secondary N) is 1. The van der Waals surface area contributed by atoms with Crippen LogP contribution in [0.1, 0.15) is 6.42 Å². The summed E-state index contributed by atoms with van der Waals surface area (Å²) in [5.74, 6) is -0.0274. The Morgan fingerprint density at radius 2 is 2.08 bits per heavy atom. The van der Waals surface area contributed by atoms with Gasteiger partial charge in [0, 0.05) is 10.6 Å². The van der Waals surface area contributed by atoms with Crippen molar-refractivity contribution in [3.05, 3.63) is 48.2 Å². The van der Waals surface area contributed by atoms with Crippen molar-refractivity contribution in [3.8, 4) is 5.75 Å². The van der Waals surface area contributed by atoms with Crippen LogP contribution in [0.5, 0.6) is 5.75 Å². The lowest BCUT2D eigenvalue weighted by molar-refractivity contribution is -0.136. The number of rotatable bonds is 8. The van der Waals surface area contributed by atoms with Gasteiger partial charge in [-0.2, -0.15) is 13.2 Å². The number of nitrogens with zero attached hydrogens (tertiary/aromatic N) is 1. The Labute approximate surface area is 142 Å². The van der Waals surface area contributed by atoms with Crippen molar-refractivity contribution in [3.63, 3.8) is 0 Å². The molecule has 0 heterocycles. The summed E-state index contributed by atoms with van der Waals surface area (Å²) in [7, 11) is 0. The number of para-hydroxylation sites is 1. The average molecular weight is 358 g/mol. The molecule has 0 fully saturated rings. The average Bonchev–Trinajstić information content (AvgIpc) is 2.53. The van der Waals surface area contributed by atoms with Crippen molar-refractivity contribution in [1.82, 2.24) is 5.32 Å². The van der Waals surface area contributed by atoms with E-state index in [-0.39, 0.29) is 11.4 Å². The molecule has 1 amide bonds. The number of carbonyl (C=O) groups excluding carboxylic acids is 1. The zero-order valence-corrected chi connectivity index (χ0v) is 13.5. The van der Waals surface area contributed by atoms with Gasteiger partial charge in [0.1, 0.15) is 18.0 Å². The SMILES string of the molecule is C=N/C(=C\C=C/CCSc1ccccc1O)C(=O)NCC(F)(F)F. The molecule has 0 unspecified atom stereocenters. The number of halogens is 3. The molecule has 0 spiro atoms. The molecule has 0 aliphatic carbocycles.